The summed E-state index contributed by atoms with van der Waals surface area (Å²) in [5.74, 6) is 0. The Morgan fingerprint density at radius 3 is 2.33 bits per heavy atom. The van der Waals surface area contributed by atoms with E-state index in [0.717, 1.165) is 0 Å². The number of rotatable bonds is 3. The smallest absolute Gasteiger partial charge is 0.295 e. The van der Waals surface area contributed by atoms with Crippen LogP contribution in [0.1, 0.15) is 24.3 Å². The quantitative estimate of drug-likeness (QED) is 0.643. The summed E-state index contributed by atoms with van der Waals surface area (Å²) in [4.78, 5) is 10.0. The van der Waals surface area contributed by atoms with Gasteiger partial charge < -0.3 is 9.30 Å². The Kier molecular flexibility index (Phi) is 2.53. The van der Waals surface area contributed by atoms with Gasteiger partial charge in [0.25, 0.3) is 6.47 Å². The van der Waals surface area contributed by atoms with Crippen molar-refractivity contribution in [2.75, 3.05) is 0 Å². The maximum atomic E-state index is 10.0. The van der Waals surface area contributed by atoms with Gasteiger partial charge in [0, 0.05) is 12.4 Å². The van der Waals surface area contributed by atoms with E-state index in [-0.39, 0.29) is 6.23 Å². The zero-order chi connectivity index (χ0) is 9.14. The van der Waals surface area contributed by atoms with Crippen molar-refractivity contribution >= 4 is 6.47 Å². The lowest BCUT2D eigenvalue weighted by Crippen LogP contribution is -2.05. The van der Waals surface area contributed by atoms with Crippen molar-refractivity contribution in [2.24, 2.45) is 0 Å². The third-order valence-corrected chi connectivity index (χ3v) is 1.98. The minimum atomic E-state index is -0.213. The van der Waals surface area contributed by atoms with E-state index >= 15 is 0 Å². The van der Waals surface area contributed by atoms with Crippen LogP contribution in [0, 0.1) is 13.8 Å². The van der Waals surface area contributed by atoms with Crippen LogP contribution in [-0.4, -0.2) is 11.0 Å². The number of carbonyl (C=O) groups excluding carboxylic acids is 1. The average molecular weight is 167 g/mol. The number of aromatic nitrogens is 1. The molecule has 0 radical (unpaired) electrons. The number of carbonyl (C=O) groups is 1. The van der Waals surface area contributed by atoms with Crippen molar-refractivity contribution in [3.05, 3.63) is 23.5 Å². The van der Waals surface area contributed by atoms with Gasteiger partial charge in [-0.1, -0.05) is 0 Å². The topological polar surface area (TPSA) is 31.2 Å². The van der Waals surface area contributed by atoms with Crippen LogP contribution in [0.4, 0.5) is 0 Å². The highest BCUT2D eigenvalue weighted by Gasteiger charge is 2.04. The normalized spacial score (nSPS) is 12.6. The molecular formula is C9H13NO2. The second-order valence-corrected chi connectivity index (χ2v) is 2.90. The van der Waals surface area contributed by atoms with E-state index in [2.05, 4.69) is 0 Å². The van der Waals surface area contributed by atoms with Crippen LogP contribution in [0.3, 0.4) is 0 Å². The summed E-state index contributed by atoms with van der Waals surface area (Å²) >= 11 is 0. The molecule has 66 valence electrons. The third-order valence-electron chi connectivity index (χ3n) is 1.98. The summed E-state index contributed by atoms with van der Waals surface area (Å²) in [6.07, 6.45) is 3.71. The Hall–Kier alpha value is -1.25. The second kappa shape index (κ2) is 3.43. The molecule has 0 N–H and O–H groups in total. The Morgan fingerprint density at radius 2 is 1.92 bits per heavy atom. The van der Waals surface area contributed by atoms with Crippen LogP contribution >= 0.6 is 0 Å². The van der Waals surface area contributed by atoms with Crippen LogP contribution in [-0.2, 0) is 9.53 Å². The fourth-order valence-electron chi connectivity index (χ4n) is 1.05. The largest absolute Gasteiger partial charge is 0.444 e. The lowest BCUT2D eigenvalue weighted by molar-refractivity contribution is -0.136. The maximum Gasteiger partial charge on any atom is 0.295 e. The minimum absolute atomic E-state index is 0.213. The Labute approximate surface area is 72.0 Å². The summed E-state index contributed by atoms with van der Waals surface area (Å²) in [7, 11) is 0. The molecule has 0 aliphatic heterocycles. The fourth-order valence-corrected chi connectivity index (χ4v) is 1.05. The third kappa shape index (κ3) is 1.67. The standard InChI is InChI=1S/C9H13NO2/c1-7-4-10(5-8(7)2)9(3)12-6-11/h4-6,9H,1-3H3. The lowest BCUT2D eigenvalue weighted by atomic mass is 10.2. The molecule has 0 bridgehead atoms. The zero-order valence-corrected chi connectivity index (χ0v) is 7.57. The molecule has 1 atom stereocenters. The molecule has 3 heteroatoms. The maximum absolute atomic E-state index is 10.0. The summed E-state index contributed by atoms with van der Waals surface area (Å²) in [5.41, 5.74) is 2.41. The van der Waals surface area contributed by atoms with Crippen LogP contribution in [0.5, 0.6) is 0 Å². The molecule has 1 aromatic heterocycles. The van der Waals surface area contributed by atoms with Gasteiger partial charge in [-0.05, 0) is 31.9 Å². The Balaban J connectivity index is 2.80. The number of nitrogens with zero attached hydrogens (tertiary/aromatic N) is 1. The molecule has 0 aliphatic carbocycles. The zero-order valence-electron chi connectivity index (χ0n) is 7.57. The number of hydrogen-bond donors (Lipinski definition) is 0. The van der Waals surface area contributed by atoms with Gasteiger partial charge in [-0.3, -0.25) is 4.79 Å². The molecule has 1 rings (SSSR count). The summed E-state index contributed by atoms with van der Waals surface area (Å²) < 4.78 is 6.65. The molecule has 0 aromatic carbocycles. The van der Waals surface area contributed by atoms with Gasteiger partial charge in [0.2, 0.25) is 0 Å². The highest BCUT2D eigenvalue weighted by molar-refractivity contribution is 5.37. The first kappa shape index (κ1) is 8.84. The van der Waals surface area contributed by atoms with Crippen molar-refractivity contribution in [1.82, 2.24) is 4.57 Å². The highest BCUT2D eigenvalue weighted by Crippen LogP contribution is 2.13. The first-order valence-electron chi connectivity index (χ1n) is 3.89. The number of ether oxygens (including phenoxy) is 1. The van der Waals surface area contributed by atoms with Gasteiger partial charge in [-0.15, -0.1) is 0 Å². The lowest BCUT2D eigenvalue weighted by Gasteiger charge is -2.10. The van der Waals surface area contributed by atoms with E-state index in [4.69, 9.17) is 4.74 Å². The van der Waals surface area contributed by atoms with Gasteiger partial charge >= 0.3 is 0 Å². The fraction of sp³-hybridized carbons (Fsp3) is 0.444. The Bertz CT molecular complexity index is 259. The number of hydrogen-bond acceptors (Lipinski definition) is 2. The van der Waals surface area contributed by atoms with Gasteiger partial charge in [0.15, 0.2) is 6.23 Å². The van der Waals surface area contributed by atoms with Crippen LogP contribution < -0.4 is 0 Å². The molecule has 0 fully saturated rings. The van der Waals surface area contributed by atoms with Gasteiger partial charge in [0.05, 0.1) is 0 Å². The predicted molar refractivity (Wildman–Crippen MR) is 45.8 cm³/mol. The molecule has 0 saturated heterocycles. The van der Waals surface area contributed by atoms with Crippen molar-refractivity contribution in [3.63, 3.8) is 0 Å². The Morgan fingerprint density at radius 1 is 1.42 bits per heavy atom. The predicted octanol–water partition coefficient (Wildman–Crippen LogP) is 1.80. The molecule has 0 spiro atoms. The van der Waals surface area contributed by atoms with E-state index < -0.39 is 0 Å². The molecule has 1 unspecified atom stereocenters. The molecule has 0 saturated carbocycles. The van der Waals surface area contributed by atoms with Gasteiger partial charge in [0.1, 0.15) is 0 Å². The van der Waals surface area contributed by atoms with E-state index in [1.165, 1.54) is 11.1 Å². The van der Waals surface area contributed by atoms with E-state index in [1.54, 1.807) is 0 Å². The van der Waals surface area contributed by atoms with Crippen LogP contribution in [0.2, 0.25) is 0 Å². The molecular weight excluding hydrogens is 154 g/mol. The summed E-state index contributed by atoms with van der Waals surface area (Å²) in [5, 5.41) is 0. The van der Waals surface area contributed by atoms with Crippen LogP contribution in [0.15, 0.2) is 12.4 Å². The van der Waals surface area contributed by atoms with Crippen molar-refractivity contribution in [2.45, 2.75) is 27.0 Å². The van der Waals surface area contributed by atoms with E-state index in [9.17, 15) is 4.79 Å². The minimum Gasteiger partial charge on any atom is -0.444 e. The second-order valence-electron chi connectivity index (χ2n) is 2.90. The van der Waals surface area contributed by atoms with Gasteiger partial charge in [-0.2, -0.15) is 0 Å². The van der Waals surface area contributed by atoms with Crippen LogP contribution in [0.25, 0.3) is 0 Å². The van der Waals surface area contributed by atoms with Crippen molar-refractivity contribution in [3.8, 4) is 0 Å². The van der Waals surface area contributed by atoms with Crippen molar-refractivity contribution < 1.29 is 9.53 Å². The first-order chi connectivity index (χ1) is 5.65. The highest BCUT2D eigenvalue weighted by atomic mass is 16.5. The molecule has 1 heterocycles. The molecule has 3 nitrogen and oxygen atoms in total. The average Bonchev–Trinajstić information content (AvgIpc) is 2.33. The van der Waals surface area contributed by atoms with E-state index in [1.807, 2.05) is 37.7 Å². The van der Waals surface area contributed by atoms with E-state index in [0.29, 0.717) is 6.47 Å². The molecule has 12 heavy (non-hydrogen) atoms. The SMILES string of the molecule is Cc1cn(C(C)OC=O)cc1C. The monoisotopic (exact) mass is 167 g/mol. The summed E-state index contributed by atoms with van der Waals surface area (Å²) in [6.45, 7) is 6.35. The first-order valence-corrected chi connectivity index (χ1v) is 3.89. The van der Waals surface area contributed by atoms with Crippen molar-refractivity contribution in [1.29, 1.82) is 0 Å². The molecule has 0 aliphatic rings. The molecule has 0 amide bonds. The molecule has 1 aromatic rings. The number of aryl methyl sites for hydroxylation is 2. The summed E-state index contributed by atoms with van der Waals surface area (Å²) in [6, 6.07) is 0. The van der Waals surface area contributed by atoms with Gasteiger partial charge in [-0.25, -0.2) is 0 Å².